The third kappa shape index (κ3) is 4.58. The second-order valence-electron chi connectivity index (χ2n) is 8.30. The van der Waals surface area contributed by atoms with Crippen LogP contribution in [0.4, 0.5) is 0 Å². The number of nitrogens with zero attached hydrogens (tertiary/aromatic N) is 5. The van der Waals surface area contributed by atoms with Gasteiger partial charge in [-0.25, -0.2) is 0 Å². The van der Waals surface area contributed by atoms with Crippen LogP contribution in [-0.2, 0) is 17.9 Å². The minimum atomic E-state index is 0.201. The van der Waals surface area contributed by atoms with Crippen molar-refractivity contribution in [2.45, 2.75) is 64.7 Å². The Balaban J connectivity index is 1.34. The van der Waals surface area contributed by atoms with Gasteiger partial charge in [0.25, 0.3) is 0 Å². The Hall–Kier alpha value is -2.15. The smallest absolute Gasteiger partial charge is 0.220 e. The van der Waals surface area contributed by atoms with Crippen LogP contribution in [0.15, 0.2) is 24.7 Å². The number of fused-ring (bicyclic) bond motifs is 1. The van der Waals surface area contributed by atoms with Crippen molar-refractivity contribution in [1.82, 2.24) is 29.8 Å². The standard InChI is InChI=1S/C20H30N6O/c1-15(2)25-12-17(10-23-25)11-24-13-18(26-19(14-24)6-8-22-26)5-7-21-20(27)9-16-3-4-16/h6,8,10,12,15-16,18H,3-5,7,9,11,13-14H2,1-2H3,(H,21,27)/t18-/m1/s1. The van der Waals surface area contributed by atoms with Gasteiger partial charge in [0.15, 0.2) is 0 Å². The lowest BCUT2D eigenvalue weighted by Crippen LogP contribution is -2.38. The molecule has 7 nitrogen and oxygen atoms in total. The SMILES string of the molecule is CC(C)n1cc(CN2Cc3ccnn3[C@H](CCNC(=O)CC3CC3)C2)cn1. The first-order valence-electron chi connectivity index (χ1n) is 10.1. The third-order valence-corrected chi connectivity index (χ3v) is 5.51. The topological polar surface area (TPSA) is 68.0 Å². The van der Waals surface area contributed by atoms with Gasteiger partial charge in [0.2, 0.25) is 5.91 Å². The van der Waals surface area contributed by atoms with E-state index in [2.05, 4.69) is 51.2 Å². The van der Waals surface area contributed by atoms with Crippen molar-refractivity contribution in [2.24, 2.45) is 5.92 Å². The maximum Gasteiger partial charge on any atom is 0.220 e. The first kappa shape index (κ1) is 18.2. The van der Waals surface area contributed by atoms with E-state index in [9.17, 15) is 4.79 Å². The Morgan fingerprint density at radius 2 is 2.19 bits per heavy atom. The molecule has 1 aliphatic carbocycles. The van der Waals surface area contributed by atoms with Crippen molar-refractivity contribution in [2.75, 3.05) is 13.1 Å². The van der Waals surface area contributed by atoms with E-state index in [-0.39, 0.29) is 5.91 Å². The minimum absolute atomic E-state index is 0.201. The van der Waals surface area contributed by atoms with E-state index in [1.165, 1.54) is 24.1 Å². The Morgan fingerprint density at radius 3 is 2.93 bits per heavy atom. The fourth-order valence-electron chi connectivity index (χ4n) is 3.83. The third-order valence-electron chi connectivity index (χ3n) is 5.51. The number of amides is 1. The lowest BCUT2D eigenvalue weighted by atomic mass is 10.1. The molecule has 2 aromatic rings. The van der Waals surface area contributed by atoms with Gasteiger partial charge >= 0.3 is 0 Å². The van der Waals surface area contributed by atoms with E-state index in [1.807, 2.05) is 17.1 Å². The maximum absolute atomic E-state index is 11.9. The Kier molecular flexibility index (Phi) is 5.29. The second kappa shape index (κ2) is 7.84. The molecular formula is C20H30N6O. The summed E-state index contributed by atoms with van der Waals surface area (Å²) < 4.78 is 4.15. The molecule has 146 valence electrons. The fourth-order valence-corrected chi connectivity index (χ4v) is 3.83. The monoisotopic (exact) mass is 370 g/mol. The molecule has 1 atom stereocenters. The number of hydrogen-bond acceptors (Lipinski definition) is 4. The van der Waals surface area contributed by atoms with Crippen molar-refractivity contribution in [3.63, 3.8) is 0 Å². The first-order chi connectivity index (χ1) is 13.1. The van der Waals surface area contributed by atoms with Crippen LogP contribution in [0.25, 0.3) is 0 Å². The number of hydrogen-bond donors (Lipinski definition) is 1. The molecule has 1 saturated carbocycles. The summed E-state index contributed by atoms with van der Waals surface area (Å²) in [5, 5.41) is 12.1. The molecule has 1 amide bonds. The molecule has 2 aromatic heterocycles. The van der Waals surface area contributed by atoms with Crippen LogP contribution in [0.5, 0.6) is 0 Å². The van der Waals surface area contributed by atoms with Gasteiger partial charge in [-0.15, -0.1) is 0 Å². The summed E-state index contributed by atoms with van der Waals surface area (Å²) in [4.78, 5) is 14.4. The van der Waals surface area contributed by atoms with Gasteiger partial charge in [-0.05, 0) is 45.1 Å². The van der Waals surface area contributed by atoms with Crippen LogP contribution in [0.2, 0.25) is 0 Å². The molecule has 1 fully saturated rings. The lowest BCUT2D eigenvalue weighted by Gasteiger charge is -2.33. The zero-order valence-corrected chi connectivity index (χ0v) is 16.3. The number of aromatic nitrogens is 4. The summed E-state index contributed by atoms with van der Waals surface area (Å²) in [7, 11) is 0. The highest BCUT2D eigenvalue weighted by Crippen LogP contribution is 2.32. The molecule has 0 aromatic carbocycles. The van der Waals surface area contributed by atoms with Gasteiger partial charge in [-0.3, -0.25) is 19.1 Å². The van der Waals surface area contributed by atoms with Crippen molar-refractivity contribution in [1.29, 1.82) is 0 Å². The number of carbonyl (C=O) groups is 1. The molecule has 0 radical (unpaired) electrons. The van der Waals surface area contributed by atoms with Gasteiger partial charge in [-0.1, -0.05) is 0 Å². The molecule has 1 N–H and O–H groups in total. The fraction of sp³-hybridized carbons (Fsp3) is 0.650. The van der Waals surface area contributed by atoms with Gasteiger partial charge < -0.3 is 5.32 Å². The minimum Gasteiger partial charge on any atom is -0.356 e. The molecule has 0 bridgehead atoms. The summed E-state index contributed by atoms with van der Waals surface area (Å²) in [6.45, 7) is 7.74. The molecule has 2 aliphatic rings. The summed E-state index contributed by atoms with van der Waals surface area (Å²) in [6, 6.07) is 2.78. The lowest BCUT2D eigenvalue weighted by molar-refractivity contribution is -0.121. The van der Waals surface area contributed by atoms with E-state index >= 15 is 0 Å². The Labute approximate surface area is 160 Å². The van der Waals surface area contributed by atoms with Crippen molar-refractivity contribution in [3.8, 4) is 0 Å². The van der Waals surface area contributed by atoms with Crippen LogP contribution in [-0.4, -0.2) is 43.5 Å². The van der Waals surface area contributed by atoms with E-state index in [0.29, 0.717) is 31.0 Å². The molecule has 4 rings (SSSR count). The van der Waals surface area contributed by atoms with Crippen molar-refractivity contribution < 1.29 is 4.79 Å². The predicted molar refractivity (Wildman–Crippen MR) is 103 cm³/mol. The highest BCUT2D eigenvalue weighted by atomic mass is 16.1. The Bertz CT molecular complexity index is 775. The van der Waals surface area contributed by atoms with Crippen LogP contribution in [0.1, 0.15) is 62.9 Å². The second-order valence-corrected chi connectivity index (χ2v) is 8.30. The zero-order valence-electron chi connectivity index (χ0n) is 16.3. The summed E-state index contributed by atoms with van der Waals surface area (Å²) >= 11 is 0. The highest BCUT2D eigenvalue weighted by molar-refractivity contribution is 5.76. The molecule has 3 heterocycles. The summed E-state index contributed by atoms with van der Waals surface area (Å²) in [5.74, 6) is 0.839. The van der Waals surface area contributed by atoms with E-state index in [1.54, 1.807) is 0 Å². The van der Waals surface area contributed by atoms with E-state index in [4.69, 9.17) is 0 Å². The summed E-state index contributed by atoms with van der Waals surface area (Å²) in [6.07, 6.45) is 10.0. The average molecular weight is 371 g/mol. The molecule has 0 saturated heterocycles. The largest absolute Gasteiger partial charge is 0.356 e. The predicted octanol–water partition coefficient (Wildman–Crippen LogP) is 2.52. The number of carbonyl (C=O) groups excluding carboxylic acids is 1. The molecule has 27 heavy (non-hydrogen) atoms. The molecule has 0 spiro atoms. The summed E-state index contributed by atoms with van der Waals surface area (Å²) in [5.41, 5.74) is 2.49. The van der Waals surface area contributed by atoms with Crippen LogP contribution < -0.4 is 5.32 Å². The zero-order chi connectivity index (χ0) is 18.8. The van der Waals surface area contributed by atoms with E-state index in [0.717, 1.165) is 26.1 Å². The van der Waals surface area contributed by atoms with Crippen LogP contribution in [0, 0.1) is 5.92 Å². The molecule has 7 heteroatoms. The van der Waals surface area contributed by atoms with Crippen LogP contribution in [0.3, 0.4) is 0 Å². The van der Waals surface area contributed by atoms with Crippen LogP contribution >= 0.6 is 0 Å². The highest BCUT2D eigenvalue weighted by Gasteiger charge is 2.27. The first-order valence-corrected chi connectivity index (χ1v) is 10.1. The maximum atomic E-state index is 11.9. The van der Waals surface area contributed by atoms with Gasteiger partial charge in [0, 0.05) is 56.6 Å². The molecule has 1 aliphatic heterocycles. The van der Waals surface area contributed by atoms with Gasteiger partial charge in [-0.2, -0.15) is 10.2 Å². The van der Waals surface area contributed by atoms with Crippen molar-refractivity contribution >= 4 is 5.91 Å². The normalized spacial score (nSPS) is 20.0. The molecule has 0 unspecified atom stereocenters. The van der Waals surface area contributed by atoms with Crippen molar-refractivity contribution in [3.05, 3.63) is 35.9 Å². The quantitative estimate of drug-likeness (QED) is 0.775. The Morgan fingerprint density at radius 1 is 1.33 bits per heavy atom. The average Bonchev–Trinajstić information content (AvgIpc) is 3.11. The van der Waals surface area contributed by atoms with E-state index < -0.39 is 0 Å². The van der Waals surface area contributed by atoms with Gasteiger partial charge in [0.05, 0.1) is 17.9 Å². The van der Waals surface area contributed by atoms with Gasteiger partial charge in [0.1, 0.15) is 0 Å². The molecular weight excluding hydrogens is 340 g/mol. The number of rotatable bonds is 8. The number of nitrogens with one attached hydrogen (secondary N) is 1.